The zero-order valence-corrected chi connectivity index (χ0v) is 50.2. The van der Waals surface area contributed by atoms with Crippen LogP contribution in [0.5, 0.6) is 0 Å². The molecule has 9 aliphatic carbocycles. The van der Waals surface area contributed by atoms with Gasteiger partial charge in [-0.2, -0.15) is 0 Å². The third kappa shape index (κ3) is 14.5. The van der Waals surface area contributed by atoms with E-state index < -0.39 is 23.7 Å². The second-order valence-electron chi connectivity index (χ2n) is 24.1. The van der Waals surface area contributed by atoms with Gasteiger partial charge < -0.3 is 38.7 Å². The highest BCUT2D eigenvalue weighted by atomic mass is 35.5. The van der Waals surface area contributed by atoms with Gasteiger partial charge in [-0.05, 0) is 270 Å². The van der Waals surface area contributed by atoms with E-state index in [4.69, 9.17) is 28.0 Å². The first-order chi connectivity index (χ1) is 40.8. The SMILES string of the molecule is C.CC#CC(=O)N[C@H]1CCCC(c2c(F)cc(C(N)=O)c3c2C2=C(CCC2)C3)C1.CC#CC(=O)N[C@H]1CCC[C@@H](c2c(F)cc(C(N)=O)c3c2C2=C(CCC2)C3)C1.CC#CC(=O)O.Cl.NC(=O)c1cc(F)c(C2CCC[C@H](N)C2)c2c1CC1=C2CCC1. The average Bonchev–Trinajstić information content (AvgIpc) is 1.71. The molecule has 9 aliphatic rings. The molecular formula is C70H82ClF3N6O7. The number of nitrogens with one attached hydrogen (secondary N) is 2. The molecule has 0 radical (unpaired) electrons. The number of nitrogens with two attached hydrogens (primary N) is 4. The molecule has 3 fully saturated rings. The summed E-state index contributed by atoms with van der Waals surface area (Å²) in [4.78, 5) is 68.8. The number of hydrogen-bond acceptors (Lipinski definition) is 7. The molecule has 12 rings (SSSR count). The number of primary amides is 3. The van der Waals surface area contributed by atoms with Crippen molar-refractivity contribution in [1.29, 1.82) is 0 Å². The normalized spacial score (nSPS) is 22.1. The molecule has 0 spiro atoms. The lowest BCUT2D eigenvalue weighted by molar-refractivity contribution is -0.130. The van der Waals surface area contributed by atoms with Gasteiger partial charge in [0.25, 0.3) is 11.8 Å². The van der Waals surface area contributed by atoms with Crippen molar-refractivity contribution < 1.29 is 47.0 Å². The van der Waals surface area contributed by atoms with Crippen molar-refractivity contribution in [3.8, 4) is 35.5 Å². The lowest BCUT2D eigenvalue weighted by Gasteiger charge is -2.31. The van der Waals surface area contributed by atoms with E-state index in [1.807, 2.05) is 5.92 Å². The molecule has 0 bridgehead atoms. The van der Waals surface area contributed by atoms with Crippen LogP contribution in [0.2, 0.25) is 0 Å². The molecule has 13 nitrogen and oxygen atoms in total. The van der Waals surface area contributed by atoms with Crippen LogP contribution in [-0.2, 0) is 33.6 Å². The van der Waals surface area contributed by atoms with Crippen molar-refractivity contribution in [1.82, 2.24) is 10.6 Å². The number of benzene rings is 3. The topological polar surface area (TPSA) is 251 Å². The number of halogens is 4. The highest BCUT2D eigenvalue weighted by Crippen LogP contribution is 2.53. The van der Waals surface area contributed by atoms with Crippen LogP contribution in [-0.4, -0.2) is 58.7 Å². The number of carboxylic acid groups (broad SMARTS) is 1. The standard InChI is InChI=1S/2C23H25FN2O2.C19H23FN2O.C4H4O2.CH4.ClH/c2*1-2-5-20(27)26-15-8-3-7-14(10-15)21-19(24)12-18(23(25)28)17-11-13-6-4-9-16(13)22(17)21;20-16-9-15(19(22)23)14-8-10-3-2-6-13(10)18(14)17(16)11-4-1-5-12(21)7-11;1-2-3-4(5)6;;/h2*12,14-15H,3-4,6-11H2,1H3,(H2,25,28)(H,26,27);9,11-12H,1-8,21H2,(H2,22,23);1H3,(H,5,6);1H4;1H/t14?,15-;14-,15+;11?,12-;;;/m010.../s1. The quantitative estimate of drug-likeness (QED) is 0.107. The number of rotatable bonds is 8. The first-order valence-corrected chi connectivity index (χ1v) is 30.3. The van der Waals surface area contributed by atoms with Gasteiger partial charge in [0, 0.05) is 40.7 Å². The molecular weight excluding hydrogens is 1130 g/mol. The van der Waals surface area contributed by atoms with Gasteiger partial charge in [0.1, 0.15) is 17.5 Å². The zero-order chi connectivity index (χ0) is 60.8. The van der Waals surface area contributed by atoms with Crippen LogP contribution in [0.15, 0.2) is 34.9 Å². The number of amides is 5. The predicted octanol–water partition coefficient (Wildman–Crippen LogP) is 11.7. The largest absolute Gasteiger partial charge is 0.472 e. The lowest BCUT2D eigenvalue weighted by atomic mass is 9.77. The van der Waals surface area contributed by atoms with E-state index in [-0.39, 0.29) is 85.0 Å². The summed E-state index contributed by atoms with van der Waals surface area (Å²) in [6.45, 7) is 4.75. The number of carbonyl (C=O) groups excluding carboxylic acids is 5. The third-order valence-corrected chi connectivity index (χ3v) is 18.8. The molecule has 17 heteroatoms. The van der Waals surface area contributed by atoms with E-state index in [0.717, 1.165) is 191 Å². The molecule has 0 heterocycles. The van der Waals surface area contributed by atoms with Gasteiger partial charge in [0.2, 0.25) is 17.7 Å². The minimum absolute atomic E-state index is 0. The van der Waals surface area contributed by atoms with E-state index in [1.54, 1.807) is 13.8 Å². The van der Waals surface area contributed by atoms with Crippen LogP contribution >= 0.6 is 12.4 Å². The maximum atomic E-state index is 15.3. The van der Waals surface area contributed by atoms with Gasteiger partial charge in [-0.15, -0.1) is 12.4 Å². The molecule has 6 atom stereocenters. The third-order valence-electron chi connectivity index (χ3n) is 18.8. The summed E-state index contributed by atoms with van der Waals surface area (Å²) in [7, 11) is 0. The second-order valence-corrected chi connectivity index (χ2v) is 24.1. The number of aliphatic carboxylic acids is 1. The van der Waals surface area contributed by atoms with E-state index in [1.165, 1.54) is 58.6 Å². The van der Waals surface area contributed by atoms with Gasteiger partial charge in [0.05, 0.1) is 0 Å². The molecule has 462 valence electrons. The number of allylic oxidation sites excluding steroid dienone is 6. The molecule has 0 saturated heterocycles. The molecule has 87 heavy (non-hydrogen) atoms. The Hall–Kier alpha value is -7.58. The summed E-state index contributed by atoms with van der Waals surface area (Å²) in [5.41, 5.74) is 39.6. The Kier molecular flexibility index (Phi) is 22.6. The van der Waals surface area contributed by atoms with Crippen LogP contribution < -0.4 is 33.6 Å². The van der Waals surface area contributed by atoms with Crippen LogP contribution in [0.3, 0.4) is 0 Å². The first-order valence-electron chi connectivity index (χ1n) is 30.3. The molecule has 5 amide bonds. The molecule has 3 aromatic rings. The van der Waals surface area contributed by atoms with Crippen LogP contribution in [0.1, 0.15) is 262 Å². The van der Waals surface area contributed by atoms with Crippen molar-refractivity contribution in [2.45, 2.75) is 218 Å². The van der Waals surface area contributed by atoms with Crippen LogP contribution in [0, 0.1) is 53.0 Å². The van der Waals surface area contributed by atoms with Crippen molar-refractivity contribution in [2.24, 2.45) is 22.9 Å². The highest BCUT2D eigenvalue weighted by Gasteiger charge is 2.40. The van der Waals surface area contributed by atoms with Gasteiger partial charge in [-0.1, -0.05) is 61.2 Å². The molecule has 3 saturated carbocycles. The van der Waals surface area contributed by atoms with Crippen molar-refractivity contribution in [3.05, 3.63) is 119 Å². The molecule has 0 aromatic heterocycles. The fraction of sp³-hybridized carbons (Fsp3) is 0.486. The summed E-state index contributed by atoms with van der Waals surface area (Å²) in [5, 5.41) is 13.7. The van der Waals surface area contributed by atoms with Crippen molar-refractivity contribution >= 4 is 64.6 Å². The summed E-state index contributed by atoms with van der Waals surface area (Å²) in [6, 6.07) is 4.19. The summed E-state index contributed by atoms with van der Waals surface area (Å²) >= 11 is 0. The maximum absolute atomic E-state index is 15.3. The van der Waals surface area contributed by atoms with Crippen LogP contribution in [0.25, 0.3) is 16.7 Å². The zero-order valence-electron chi connectivity index (χ0n) is 49.4. The van der Waals surface area contributed by atoms with Crippen LogP contribution in [0.4, 0.5) is 13.2 Å². The highest BCUT2D eigenvalue weighted by molar-refractivity contribution is 6.00. The van der Waals surface area contributed by atoms with E-state index in [2.05, 4.69) is 40.2 Å². The Labute approximate surface area is 515 Å². The monoisotopic (exact) mass is 1210 g/mol. The van der Waals surface area contributed by atoms with Gasteiger partial charge in [0.15, 0.2) is 0 Å². The number of hydrogen-bond donors (Lipinski definition) is 7. The smallest absolute Gasteiger partial charge is 0.381 e. The fourth-order valence-electron chi connectivity index (χ4n) is 15.5. The fourth-order valence-corrected chi connectivity index (χ4v) is 15.5. The minimum atomic E-state index is -1.07. The van der Waals surface area contributed by atoms with Gasteiger partial charge >= 0.3 is 5.97 Å². The maximum Gasteiger partial charge on any atom is 0.381 e. The minimum Gasteiger partial charge on any atom is -0.472 e. The van der Waals surface area contributed by atoms with Crippen molar-refractivity contribution in [3.63, 3.8) is 0 Å². The molecule has 0 aliphatic heterocycles. The summed E-state index contributed by atoms with van der Waals surface area (Å²) < 4.78 is 45.5. The van der Waals surface area contributed by atoms with Gasteiger partial charge in [-0.25, -0.2) is 18.0 Å². The number of fused-ring (bicyclic) bond motifs is 6. The van der Waals surface area contributed by atoms with E-state index in [0.29, 0.717) is 29.5 Å². The summed E-state index contributed by atoms with van der Waals surface area (Å²) in [5.74, 6) is 10.4. The second kappa shape index (κ2) is 29.4. The number of carbonyl (C=O) groups is 6. The van der Waals surface area contributed by atoms with Crippen molar-refractivity contribution in [2.75, 3.05) is 0 Å². The van der Waals surface area contributed by atoms with E-state index >= 15 is 8.78 Å². The Balaban J connectivity index is 0.000000177. The lowest BCUT2D eigenvalue weighted by Crippen LogP contribution is -2.37. The Morgan fingerprint density at radius 3 is 1.09 bits per heavy atom. The van der Waals surface area contributed by atoms with Gasteiger partial charge in [-0.3, -0.25) is 24.0 Å². The predicted molar refractivity (Wildman–Crippen MR) is 336 cm³/mol. The van der Waals surface area contributed by atoms with E-state index in [9.17, 15) is 33.2 Å². The Bertz CT molecular complexity index is 3430. The Morgan fingerprint density at radius 1 is 0.483 bits per heavy atom. The summed E-state index contributed by atoms with van der Waals surface area (Å²) in [6.07, 6.45) is 22.1. The molecule has 2 unspecified atom stereocenters. The number of carboxylic acids is 1. The average molecular weight is 1210 g/mol. The molecule has 3 aromatic carbocycles. The molecule has 11 N–H and O–H groups in total. The Morgan fingerprint density at radius 2 is 0.805 bits per heavy atom. The first kappa shape index (κ1) is 66.9.